The van der Waals surface area contributed by atoms with Crippen LogP contribution in [0.2, 0.25) is 0 Å². The third kappa shape index (κ3) is 3.71. The van der Waals surface area contributed by atoms with Gasteiger partial charge in [-0.2, -0.15) is 0 Å². The number of carbonyl (C=O) groups is 1. The smallest absolute Gasteiger partial charge is 0.233 e. The number of thioether (sulfide) groups is 1. The fourth-order valence-electron chi connectivity index (χ4n) is 1.73. The van der Waals surface area contributed by atoms with Crippen LogP contribution in [0.5, 0.6) is 0 Å². The molecule has 0 aliphatic rings. The third-order valence-corrected chi connectivity index (χ3v) is 4.01. The van der Waals surface area contributed by atoms with Crippen LogP contribution in [-0.4, -0.2) is 46.4 Å². The van der Waals surface area contributed by atoms with Gasteiger partial charge in [-0.25, -0.2) is 9.97 Å². The molecule has 2 aromatic heterocycles. The van der Waals surface area contributed by atoms with Crippen molar-refractivity contribution in [3.05, 3.63) is 18.3 Å². The Hall–Kier alpha value is -1.60. The molecule has 0 fully saturated rings. The molecule has 0 aliphatic heterocycles. The molecule has 0 spiro atoms. The average Bonchev–Trinajstić information content (AvgIpc) is 2.87. The van der Waals surface area contributed by atoms with Crippen LogP contribution in [0.15, 0.2) is 23.5 Å². The zero-order valence-corrected chi connectivity index (χ0v) is 12.4. The van der Waals surface area contributed by atoms with Crippen molar-refractivity contribution in [2.75, 3.05) is 20.3 Å². The van der Waals surface area contributed by atoms with Crippen LogP contribution in [0.1, 0.15) is 13.3 Å². The summed E-state index contributed by atoms with van der Waals surface area (Å²) in [5, 5.41) is 3.39. The Morgan fingerprint density at radius 2 is 2.45 bits per heavy atom. The molecule has 0 radical (unpaired) electrons. The van der Waals surface area contributed by atoms with Crippen molar-refractivity contribution in [3.8, 4) is 0 Å². The molecule has 7 heteroatoms. The SMILES string of the molecule is CC[C@@H](Sc1nc2ncccc2[nH]1)C(=O)NCCOC. The molecule has 6 nitrogen and oxygen atoms in total. The van der Waals surface area contributed by atoms with E-state index < -0.39 is 0 Å². The van der Waals surface area contributed by atoms with Gasteiger partial charge < -0.3 is 15.0 Å². The highest BCUT2D eigenvalue weighted by atomic mass is 32.2. The molecule has 2 N–H and O–H groups in total. The summed E-state index contributed by atoms with van der Waals surface area (Å²) in [6.45, 7) is 3.02. The van der Waals surface area contributed by atoms with Gasteiger partial charge in [-0.15, -0.1) is 0 Å². The lowest BCUT2D eigenvalue weighted by molar-refractivity contribution is -0.120. The quantitative estimate of drug-likeness (QED) is 0.599. The molecule has 108 valence electrons. The minimum atomic E-state index is -0.174. The molecule has 2 rings (SSSR count). The number of hydrogen-bond acceptors (Lipinski definition) is 5. The second kappa shape index (κ2) is 7.25. The number of rotatable bonds is 7. The van der Waals surface area contributed by atoms with Crippen LogP contribution in [0.4, 0.5) is 0 Å². The third-order valence-electron chi connectivity index (χ3n) is 2.76. The lowest BCUT2D eigenvalue weighted by Crippen LogP contribution is -2.34. The minimum Gasteiger partial charge on any atom is -0.383 e. The Morgan fingerprint density at radius 1 is 1.60 bits per heavy atom. The fraction of sp³-hybridized carbons (Fsp3) is 0.462. The van der Waals surface area contributed by atoms with Crippen LogP contribution in [0, 0.1) is 0 Å². The van der Waals surface area contributed by atoms with Gasteiger partial charge in [0.25, 0.3) is 0 Å². The molecular formula is C13H18N4O2S. The highest BCUT2D eigenvalue weighted by Gasteiger charge is 2.19. The van der Waals surface area contributed by atoms with E-state index in [2.05, 4.69) is 20.3 Å². The van der Waals surface area contributed by atoms with Crippen LogP contribution < -0.4 is 5.32 Å². The van der Waals surface area contributed by atoms with Crippen molar-refractivity contribution >= 4 is 28.8 Å². The van der Waals surface area contributed by atoms with Crippen molar-refractivity contribution in [3.63, 3.8) is 0 Å². The van der Waals surface area contributed by atoms with Gasteiger partial charge in [0.15, 0.2) is 10.8 Å². The maximum absolute atomic E-state index is 12.0. The Morgan fingerprint density at radius 3 is 3.15 bits per heavy atom. The predicted molar refractivity (Wildman–Crippen MR) is 78.7 cm³/mol. The van der Waals surface area contributed by atoms with E-state index in [4.69, 9.17) is 4.74 Å². The molecule has 0 saturated heterocycles. The van der Waals surface area contributed by atoms with Crippen molar-refractivity contribution in [2.24, 2.45) is 0 Å². The summed E-state index contributed by atoms with van der Waals surface area (Å²) in [5.41, 5.74) is 1.55. The summed E-state index contributed by atoms with van der Waals surface area (Å²) < 4.78 is 4.92. The molecule has 0 aliphatic carbocycles. The van der Waals surface area contributed by atoms with Crippen molar-refractivity contribution in [2.45, 2.75) is 23.8 Å². The minimum absolute atomic E-state index is 0.00275. The number of amides is 1. The highest BCUT2D eigenvalue weighted by Crippen LogP contribution is 2.24. The van der Waals surface area contributed by atoms with Gasteiger partial charge in [0.05, 0.1) is 17.4 Å². The molecule has 0 bridgehead atoms. The van der Waals surface area contributed by atoms with Crippen LogP contribution in [0.25, 0.3) is 11.2 Å². The largest absolute Gasteiger partial charge is 0.383 e. The first-order chi connectivity index (χ1) is 9.74. The van der Waals surface area contributed by atoms with Gasteiger partial charge in [-0.3, -0.25) is 4.79 Å². The molecule has 0 aromatic carbocycles. The molecule has 2 heterocycles. The Bertz CT molecular complexity index is 539. The summed E-state index contributed by atoms with van der Waals surface area (Å²) in [4.78, 5) is 23.7. The first-order valence-electron chi connectivity index (χ1n) is 6.48. The Labute approximate surface area is 121 Å². The monoisotopic (exact) mass is 294 g/mol. The maximum Gasteiger partial charge on any atom is 0.233 e. The number of carbonyl (C=O) groups excluding carboxylic acids is 1. The number of hydrogen-bond donors (Lipinski definition) is 2. The standard InChI is InChI=1S/C13H18N4O2S/c1-3-10(12(18)15-7-8-19-2)20-13-16-9-5-4-6-14-11(9)17-13/h4-6,10H,3,7-8H2,1-2H3,(H,15,18)(H,14,16,17)/t10-/m1/s1. The number of fused-ring (bicyclic) bond motifs is 1. The van der Waals surface area contributed by atoms with E-state index in [0.717, 1.165) is 11.9 Å². The number of aromatic amines is 1. The average molecular weight is 294 g/mol. The van der Waals surface area contributed by atoms with E-state index in [-0.39, 0.29) is 11.2 Å². The molecular weight excluding hydrogens is 276 g/mol. The van der Waals surface area contributed by atoms with E-state index in [1.54, 1.807) is 13.3 Å². The number of H-pyrrole nitrogens is 1. The lowest BCUT2D eigenvalue weighted by Gasteiger charge is -2.12. The Balaban J connectivity index is 2.00. The van der Waals surface area contributed by atoms with Crippen LogP contribution >= 0.6 is 11.8 Å². The molecule has 0 unspecified atom stereocenters. The van der Waals surface area contributed by atoms with E-state index in [9.17, 15) is 4.79 Å². The summed E-state index contributed by atoms with van der Waals surface area (Å²) in [7, 11) is 1.61. The molecule has 2 aromatic rings. The van der Waals surface area contributed by atoms with E-state index in [0.29, 0.717) is 24.0 Å². The summed E-state index contributed by atoms with van der Waals surface area (Å²) in [5.74, 6) is 0.00275. The summed E-state index contributed by atoms with van der Waals surface area (Å²) in [6.07, 6.45) is 2.43. The van der Waals surface area contributed by atoms with Crippen molar-refractivity contribution < 1.29 is 9.53 Å². The number of methoxy groups -OCH3 is 1. The van der Waals surface area contributed by atoms with E-state index >= 15 is 0 Å². The van der Waals surface area contributed by atoms with Gasteiger partial charge >= 0.3 is 0 Å². The van der Waals surface area contributed by atoms with Crippen molar-refractivity contribution in [1.82, 2.24) is 20.3 Å². The zero-order chi connectivity index (χ0) is 14.4. The summed E-state index contributed by atoms with van der Waals surface area (Å²) in [6, 6.07) is 3.77. The number of ether oxygens (including phenoxy) is 1. The topological polar surface area (TPSA) is 79.9 Å². The Kier molecular flexibility index (Phi) is 5.37. The highest BCUT2D eigenvalue weighted by molar-refractivity contribution is 8.00. The lowest BCUT2D eigenvalue weighted by atomic mass is 10.3. The van der Waals surface area contributed by atoms with Gasteiger partial charge in [-0.05, 0) is 18.6 Å². The predicted octanol–water partition coefficient (Wildman–Crippen LogP) is 1.59. The maximum atomic E-state index is 12.0. The van der Waals surface area contributed by atoms with E-state index in [1.807, 2.05) is 19.1 Å². The molecule has 1 amide bonds. The van der Waals surface area contributed by atoms with Crippen LogP contribution in [0.3, 0.4) is 0 Å². The second-order valence-corrected chi connectivity index (χ2v) is 5.41. The number of aromatic nitrogens is 3. The normalized spacial score (nSPS) is 12.5. The number of imidazole rings is 1. The first-order valence-corrected chi connectivity index (χ1v) is 7.36. The zero-order valence-electron chi connectivity index (χ0n) is 11.5. The molecule has 0 saturated carbocycles. The molecule has 1 atom stereocenters. The fourth-order valence-corrected chi connectivity index (χ4v) is 2.66. The second-order valence-electron chi connectivity index (χ2n) is 4.22. The van der Waals surface area contributed by atoms with Gasteiger partial charge in [0.1, 0.15) is 0 Å². The number of pyridine rings is 1. The van der Waals surface area contributed by atoms with Crippen LogP contribution in [-0.2, 0) is 9.53 Å². The number of nitrogens with zero attached hydrogens (tertiary/aromatic N) is 2. The number of nitrogens with one attached hydrogen (secondary N) is 2. The van der Waals surface area contributed by atoms with Gasteiger partial charge in [0, 0.05) is 19.9 Å². The first kappa shape index (κ1) is 14.8. The van der Waals surface area contributed by atoms with E-state index in [1.165, 1.54) is 11.8 Å². The molecule has 20 heavy (non-hydrogen) atoms. The van der Waals surface area contributed by atoms with Crippen molar-refractivity contribution in [1.29, 1.82) is 0 Å². The summed E-state index contributed by atoms with van der Waals surface area (Å²) >= 11 is 1.42. The van der Waals surface area contributed by atoms with Gasteiger partial charge in [0.2, 0.25) is 5.91 Å². The van der Waals surface area contributed by atoms with Gasteiger partial charge in [-0.1, -0.05) is 18.7 Å².